The van der Waals surface area contributed by atoms with Crippen molar-refractivity contribution in [3.63, 3.8) is 0 Å². The molecule has 0 bridgehead atoms. The molecule has 1 fully saturated rings. The maximum Gasteiger partial charge on any atom is 0.292 e. The van der Waals surface area contributed by atoms with Crippen LogP contribution in [0, 0.1) is 17.0 Å². The summed E-state index contributed by atoms with van der Waals surface area (Å²) in [7, 11) is 0. The van der Waals surface area contributed by atoms with Crippen LogP contribution in [0.5, 0.6) is 0 Å². The molecule has 1 saturated carbocycles. The minimum Gasteiger partial charge on any atom is -0.396 e. The first-order chi connectivity index (χ1) is 12.0. The van der Waals surface area contributed by atoms with E-state index in [2.05, 4.69) is 10.4 Å². The van der Waals surface area contributed by atoms with Gasteiger partial charge in [-0.1, -0.05) is 18.0 Å². The van der Waals surface area contributed by atoms with Gasteiger partial charge in [0.1, 0.15) is 16.5 Å². The number of rotatable bonds is 6. The summed E-state index contributed by atoms with van der Waals surface area (Å²) < 4.78 is 27.7. The summed E-state index contributed by atoms with van der Waals surface area (Å²) in [5.74, 6) is -1.64. The van der Waals surface area contributed by atoms with E-state index in [1.165, 1.54) is 6.20 Å². The minimum atomic E-state index is -0.900. The molecule has 1 aromatic carbocycles. The van der Waals surface area contributed by atoms with Crippen LogP contribution in [0.15, 0.2) is 29.2 Å². The highest BCUT2D eigenvalue weighted by molar-refractivity contribution is 6.32. The van der Waals surface area contributed by atoms with E-state index in [0.29, 0.717) is 24.7 Å². The van der Waals surface area contributed by atoms with Gasteiger partial charge in [0.2, 0.25) is 0 Å². The molecule has 8 heteroatoms. The molecule has 0 atom stereocenters. The van der Waals surface area contributed by atoms with Crippen LogP contribution in [0.25, 0.3) is 5.69 Å². The number of halogens is 3. The van der Waals surface area contributed by atoms with Crippen molar-refractivity contribution >= 4 is 17.3 Å². The first-order valence-corrected chi connectivity index (χ1v) is 8.42. The van der Waals surface area contributed by atoms with Gasteiger partial charge in [0.15, 0.2) is 5.82 Å². The Morgan fingerprint density at radius 3 is 2.72 bits per heavy atom. The van der Waals surface area contributed by atoms with Crippen LogP contribution in [0.4, 0.5) is 14.5 Å². The highest BCUT2D eigenvalue weighted by atomic mass is 35.5. The van der Waals surface area contributed by atoms with Gasteiger partial charge in [-0.3, -0.25) is 4.79 Å². The predicted molar refractivity (Wildman–Crippen MR) is 91.2 cm³/mol. The number of benzene rings is 1. The van der Waals surface area contributed by atoms with Gasteiger partial charge in [-0.05, 0) is 36.8 Å². The van der Waals surface area contributed by atoms with E-state index in [1.54, 1.807) is 0 Å². The van der Waals surface area contributed by atoms with Gasteiger partial charge in [0.25, 0.3) is 5.56 Å². The second kappa shape index (κ2) is 7.09. The van der Waals surface area contributed by atoms with Crippen molar-refractivity contribution in [2.75, 3.05) is 18.5 Å². The van der Waals surface area contributed by atoms with Crippen molar-refractivity contribution in [1.29, 1.82) is 0 Å². The second-order valence-corrected chi connectivity index (χ2v) is 6.74. The maximum atomic E-state index is 13.9. The Morgan fingerprint density at radius 1 is 1.36 bits per heavy atom. The van der Waals surface area contributed by atoms with Crippen LogP contribution in [0.1, 0.15) is 25.7 Å². The number of aliphatic hydroxyl groups excluding tert-OH is 1. The fraction of sp³-hybridized carbons (Fsp3) is 0.412. The third-order valence-electron chi connectivity index (χ3n) is 4.77. The fourth-order valence-corrected chi connectivity index (χ4v) is 3.29. The molecular weight excluding hydrogens is 352 g/mol. The zero-order chi connectivity index (χ0) is 18.0. The molecule has 25 heavy (non-hydrogen) atoms. The van der Waals surface area contributed by atoms with Gasteiger partial charge in [0, 0.05) is 19.2 Å². The summed E-state index contributed by atoms with van der Waals surface area (Å²) in [6.45, 7) is 0.683. The summed E-state index contributed by atoms with van der Waals surface area (Å²) >= 11 is 6.12. The molecule has 0 spiro atoms. The van der Waals surface area contributed by atoms with Crippen molar-refractivity contribution in [2.45, 2.75) is 25.7 Å². The van der Waals surface area contributed by atoms with E-state index in [-0.39, 0.29) is 22.7 Å². The highest BCUT2D eigenvalue weighted by Gasteiger charge is 2.36. The number of aromatic nitrogens is 2. The van der Waals surface area contributed by atoms with E-state index in [4.69, 9.17) is 11.6 Å². The first-order valence-electron chi connectivity index (χ1n) is 8.04. The highest BCUT2D eigenvalue weighted by Crippen LogP contribution is 2.43. The van der Waals surface area contributed by atoms with Gasteiger partial charge in [-0.25, -0.2) is 8.78 Å². The summed E-state index contributed by atoms with van der Waals surface area (Å²) in [5.41, 5.74) is -0.497. The van der Waals surface area contributed by atoms with Crippen LogP contribution < -0.4 is 10.9 Å². The SMILES string of the molecule is O=c1c(Cl)c(NCC2(CCO)CCC2)cnn1-c1ccc(F)cc1F. The van der Waals surface area contributed by atoms with Gasteiger partial charge in [0.05, 0.1) is 11.9 Å². The van der Waals surface area contributed by atoms with E-state index in [1.807, 2.05) is 0 Å². The molecule has 1 aliphatic rings. The van der Waals surface area contributed by atoms with E-state index in [9.17, 15) is 18.7 Å². The Hall–Kier alpha value is -1.99. The van der Waals surface area contributed by atoms with Crippen molar-refractivity contribution < 1.29 is 13.9 Å². The molecule has 0 unspecified atom stereocenters. The average molecular weight is 370 g/mol. The normalized spacial score (nSPS) is 15.7. The quantitative estimate of drug-likeness (QED) is 0.821. The van der Waals surface area contributed by atoms with E-state index < -0.39 is 17.2 Å². The molecule has 1 heterocycles. The van der Waals surface area contributed by atoms with Gasteiger partial charge in [-0.15, -0.1) is 0 Å². The van der Waals surface area contributed by atoms with E-state index in [0.717, 1.165) is 36.1 Å². The predicted octanol–water partition coefficient (Wildman–Crippen LogP) is 3.13. The lowest BCUT2D eigenvalue weighted by atomic mass is 9.67. The molecule has 134 valence electrons. The average Bonchev–Trinajstić information content (AvgIpc) is 2.54. The third kappa shape index (κ3) is 3.52. The number of anilines is 1. The topological polar surface area (TPSA) is 67.2 Å². The monoisotopic (exact) mass is 369 g/mol. The number of nitrogens with zero attached hydrogens (tertiary/aromatic N) is 2. The molecule has 0 aliphatic heterocycles. The van der Waals surface area contributed by atoms with E-state index >= 15 is 0 Å². The molecule has 3 rings (SSSR count). The molecule has 2 aromatic rings. The molecule has 5 nitrogen and oxygen atoms in total. The van der Waals surface area contributed by atoms with Crippen LogP contribution in [-0.2, 0) is 0 Å². The summed E-state index contributed by atoms with van der Waals surface area (Å²) in [6.07, 6.45) is 5.15. The Morgan fingerprint density at radius 2 is 2.12 bits per heavy atom. The number of aliphatic hydroxyl groups is 1. The van der Waals surface area contributed by atoms with Crippen LogP contribution in [-0.4, -0.2) is 28.0 Å². The van der Waals surface area contributed by atoms with Gasteiger partial charge < -0.3 is 10.4 Å². The van der Waals surface area contributed by atoms with Crippen molar-refractivity contribution in [2.24, 2.45) is 5.41 Å². The summed E-state index contributed by atoms with van der Waals surface area (Å²) in [4.78, 5) is 12.4. The standard InChI is InChI=1S/C17H18ClF2N3O2/c18-15-13(21-10-17(6-7-24)4-1-5-17)9-22-23(16(15)25)14-3-2-11(19)8-12(14)20/h2-3,8-9,21,24H,1,4-7,10H2. The van der Waals surface area contributed by atoms with Crippen LogP contribution in [0.2, 0.25) is 5.02 Å². The van der Waals surface area contributed by atoms with Crippen LogP contribution >= 0.6 is 11.6 Å². The van der Waals surface area contributed by atoms with Gasteiger partial charge in [-0.2, -0.15) is 9.78 Å². The number of hydrogen-bond donors (Lipinski definition) is 2. The molecule has 0 amide bonds. The Labute approximate surface area is 148 Å². The summed E-state index contributed by atoms with van der Waals surface area (Å²) in [5, 5.41) is 16.1. The lowest BCUT2D eigenvalue weighted by Crippen LogP contribution is -2.37. The zero-order valence-corrected chi connectivity index (χ0v) is 14.2. The fourth-order valence-electron chi connectivity index (χ4n) is 3.09. The lowest BCUT2D eigenvalue weighted by molar-refractivity contribution is 0.102. The Bertz CT molecular complexity index is 837. The lowest BCUT2D eigenvalue weighted by Gasteiger charge is -2.42. The number of hydrogen-bond acceptors (Lipinski definition) is 4. The first kappa shape index (κ1) is 17.8. The smallest absolute Gasteiger partial charge is 0.292 e. The Balaban J connectivity index is 1.84. The molecular formula is C17H18ClF2N3O2. The van der Waals surface area contributed by atoms with Crippen molar-refractivity contribution in [1.82, 2.24) is 9.78 Å². The maximum absolute atomic E-state index is 13.9. The van der Waals surface area contributed by atoms with Crippen LogP contribution in [0.3, 0.4) is 0 Å². The Kier molecular flexibility index (Phi) is 5.06. The molecule has 0 saturated heterocycles. The van der Waals surface area contributed by atoms with Crippen molar-refractivity contribution in [3.8, 4) is 5.69 Å². The minimum absolute atomic E-state index is 0.00993. The van der Waals surface area contributed by atoms with Crippen molar-refractivity contribution in [3.05, 3.63) is 51.4 Å². The summed E-state index contributed by atoms with van der Waals surface area (Å²) in [6, 6.07) is 2.85. The molecule has 1 aliphatic carbocycles. The second-order valence-electron chi connectivity index (χ2n) is 6.37. The van der Waals surface area contributed by atoms with Gasteiger partial charge >= 0.3 is 0 Å². The number of nitrogens with one attached hydrogen (secondary N) is 1. The largest absolute Gasteiger partial charge is 0.396 e. The molecule has 0 radical (unpaired) electrons. The zero-order valence-electron chi connectivity index (χ0n) is 13.4. The molecule has 2 N–H and O–H groups in total. The molecule has 1 aromatic heterocycles. The third-order valence-corrected chi connectivity index (χ3v) is 5.13.